The van der Waals surface area contributed by atoms with Gasteiger partial charge in [-0.15, -0.1) is 11.8 Å². The Bertz CT molecular complexity index is 970. The summed E-state index contributed by atoms with van der Waals surface area (Å²) in [7, 11) is -1.33. The van der Waals surface area contributed by atoms with E-state index in [0.29, 0.717) is 11.3 Å². The summed E-state index contributed by atoms with van der Waals surface area (Å²) in [6, 6.07) is 9.80. The number of ether oxygens (including phenoxy) is 2. The van der Waals surface area contributed by atoms with Crippen LogP contribution in [0.3, 0.4) is 0 Å². The van der Waals surface area contributed by atoms with Crippen LogP contribution in [0, 0.1) is 0 Å². The van der Waals surface area contributed by atoms with Crippen LogP contribution < -0.4 is 14.2 Å². The van der Waals surface area contributed by atoms with Crippen molar-refractivity contribution in [2.24, 2.45) is 0 Å². The quantitative estimate of drug-likeness (QED) is 0.509. The number of rotatable bonds is 8. The predicted molar refractivity (Wildman–Crippen MR) is 105 cm³/mol. The molecule has 27 heavy (non-hydrogen) atoms. The number of carboxylic acids is 1. The van der Waals surface area contributed by atoms with Crippen LogP contribution in [0.25, 0.3) is 6.08 Å². The standard InChI is InChI=1S/C18H19NO6S2/c1-24-14-10-12(8-9-17(20)21)11-16(18(14)25-2)27(22,23)19-13-6-4-5-7-15(13)26-3/h4-11,19H,1-3H3,(H,20,21)/b9-8+. The summed E-state index contributed by atoms with van der Waals surface area (Å²) in [5, 5.41) is 8.81. The fourth-order valence-corrected chi connectivity index (χ4v) is 4.26. The number of thioether (sulfide) groups is 1. The van der Waals surface area contributed by atoms with E-state index in [9.17, 15) is 13.2 Å². The van der Waals surface area contributed by atoms with Gasteiger partial charge in [0, 0.05) is 11.0 Å². The minimum absolute atomic E-state index is 0.0270. The first-order chi connectivity index (χ1) is 12.8. The second kappa shape index (κ2) is 8.83. The number of benzene rings is 2. The van der Waals surface area contributed by atoms with Crippen molar-refractivity contribution in [3.63, 3.8) is 0 Å². The highest BCUT2D eigenvalue weighted by Crippen LogP contribution is 2.37. The fourth-order valence-electron chi connectivity index (χ4n) is 2.34. The lowest BCUT2D eigenvalue weighted by atomic mass is 10.2. The van der Waals surface area contributed by atoms with Crippen molar-refractivity contribution >= 4 is 39.5 Å². The minimum atomic E-state index is -4.03. The zero-order valence-electron chi connectivity index (χ0n) is 14.9. The molecule has 0 bridgehead atoms. The summed E-state index contributed by atoms with van der Waals surface area (Å²) >= 11 is 1.40. The third-order valence-corrected chi connectivity index (χ3v) is 5.69. The molecule has 0 amide bonds. The van der Waals surface area contributed by atoms with Crippen molar-refractivity contribution < 1.29 is 27.8 Å². The van der Waals surface area contributed by atoms with Gasteiger partial charge in [0.05, 0.1) is 19.9 Å². The number of carboxylic acid groups (broad SMARTS) is 1. The maximum absolute atomic E-state index is 13.0. The fraction of sp³-hybridized carbons (Fsp3) is 0.167. The van der Waals surface area contributed by atoms with Gasteiger partial charge >= 0.3 is 5.97 Å². The molecule has 0 heterocycles. The van der Waals surface area contributed by atoms with Crippen molar-refractivity contribution in [2.45, 2.75) is 9.79 Å². The monoisotopic (exact) mass is 409 g/mol. The molecule has 0 radical (unpaired) electrons. The average molecular weight is 409 g/mol. The van der Waals surface area contributed by atoms with E-state index in [0.717, 1.165) is 11.0 Å². The molecule has 144 valence electrons. The van der Waals surface area contributed by atoms with E-state index in [1.807, 2.05) is 12.3 Å². The maximum Gasteiger partial charge on any atom is 0.328 e. The Morgan fingerprint density at radius 3 is 2.48 bits per heavy atom. The van der Waals surface area contributed by atoms with Gasteiger partial charge in [0.1, 0.15) is 4.90 Å². The van der Waals surface area contributed by atoms with E-state index in [-0.39, 0.29) is 16.4 Å². The lowest BCUT2D eigenvalue weighted by molar-refractivity contribution is -0.131. The highest BCUT2D eigenvalue weighted by Gasteiger charge is 2.24. The van der Waals surface area contributed by atoms with Gasteiger partial charge in [0.15, 0.2) is 11.5 Å². The molecule has 2 rings (SSSR count). The number of anilines is 1. The van der Waals surface area contributed by atoms with Crippen LogP contribution in [0.15, 0.2) is 52.3 Å². The molecule has 2 aromatic carbocycles. The molecule has 0 saturated carbocycles. The molecule has 2 N–H and O–H groups in total. The molecule has 0 aromatic heterocycles. The molecule has 0 aliphatic rings. The normalized spacial score (nSPS) is 11.4. The highest BCUT2D eigenvalue weighted by atomic mass is 32.2. The molecule has 9 heteroatoms. The Hall–Kier alpha value is -2.65. The number of methoxy groups -OCH3 is 2. The van der Waals surface area contributed by atoms with E-state index >= 15 is 0 Å². The molecular weight excluding hydrogens is 390 g/mol. The summed E-state index contributed by atoms with van der Waals surface area (Å²) < 4.78 is 39.0. The maximum atomic E-state index is 13.0. The second-order valence-corrected chi connectivity index (χ2v) is 7.73. The number of para-hydroxylation sites is 1. The average Bonchev–Trinajstić information content (AvgIpc) is 2.65. The van der Waals surface area contributed by atoms with Gasteiger partial charge in [-0.1, -0.05) is 12.1 Å². The number of nitrogens with one attached hydrogen (secondary N) is 1. The molecule has 0 fully saturated rings. The lowest BCUT2D eigenvalue weighted by Gasteiger charge is -2.16. The Labute approximate surface area is 162 Å². The predicted octanol–water partition coefficient (Wildman–Crippen LogP) is 3.32. The molecule has 0 aliphatic carbocycles. The van der Waals surface area contributed by atoms with Crippen molar-refractivity contribution in [1.82, 2.24) is 0 Å². The summed E-state index contributed by atoms with van der Waals surface area (Å²) in [4.78, 5) is 11.4. The molecule has 2 aromatic rings. The Morgan fingerprint density at radius 1 is 1.19 bits per heavy atom. The van der Waals surface area contributed by atoms with Crippen molar-refractivity contribution in [2.75, 3.05) is 25.2 Å². The van der Waals surface area contributed by atoms with Gasteiger partial charge in [0.2, 0.25) is 0 Å². The van der Waals surface area contributed by atoms with Crippen molar-refractivity contribution in [1.29, 1.82) is 0 Å². The Kier molecular flexibility index (Phi) is 6.75. The molecule has 0 aliphatic heterocycles. The third kappa shape index (κ3) is 4.95. The van der Waals surface area contributed by atoms with Crippen molar-refractivity contribution in [3.8, 4) is 11.5 Å². The molecular formula is C18H19NO6S2. The van der Waals surface area contributed by atoms with Crippen LogP contribution in [0.1, 0.15) is 5.56 Å². The summed E-state index contributed by atoms with van der Waals surface area (Å²) in [5.41, 5.74) is 0.770. The molecule has 0 unspecified atom stereocenters. The summed E-state index contributed by atoms with van der Waals surface area (Å²) in [6.45, 7) is 0. The molecule has 0 atom stereocenters. The van der Waals surface area contributed by atoms with E-state index in [2.05, 4.69) is 4.72 Å². The minimum Gasteiger partial charge on any atom is -0.493 e. The van der Waals surface area contributed by atoms with Gasteiger partial charge in [-0.05, 0) is 42.2 Å². The van der Waals surface area contributed by atoms with Crippen LogP contribution in [0.4, 0.5) is 5.69 Å². The largest absolute Gasteiger partial charge is 0.493 e. The first-order valence-electron chi connectivity index (χ1n) is 7.65. The van der Waals surface area contributed by atoms with Gasteiger partial charge in [-0.2, -0.15) is 0 Å². The molecule has 7 nitrogen and oxygen atoms in total. The number of hydrogen-bond donors (Lipinski definition) is 2. The number of sulfonamides is 1. The Balaban J connectivity index is 2.59. The van der Waals surface area contributed by atoms with E-state index in [1.165, 1.54) is 44.2 Å². The van der Waals surface area contributed by atoms with Crippen LogP contribution in [-0.4, -0.2) is 40.0 Å². The van der Waals surface area contributed by atoms with Gasteiger partial charge in [0.25, 0.3) is 10.0 Å². The SMILES string of the molecule is COc1cc(/C=C/C(=O)O)cc(S(=O)(=O)Nc2ccccc2SC)c1OC. The van der Waals surface area contributed by atoms with E-state index < -0.39 is 16.0 Å². The van der Waals surface area contributed by atoms with Crippen LogP contribution >= 0.6 is 11.8 Å². The zero-order chi connectivity index (χ0) is 20.0. The van der Waals surface area contributed by atoms with Gasteiger partial charge < -0.3 is 14.6 Å². The summed E-state index contributed by atoms with van der Waals surface area (Å²) in [5.74, 6) is -0.955. The summed E-state index contributed by atoms with van der Waals surface area (Å²) in [6.07, 6.45) is 4.03. The number of hydrogen-bond acceptors (Lipinski definition) is 6. The molecule has 0 spiro atoms. The van der Waals surface area contributed by atoms with E-state index in [4.69, 9.17) is 14.6 Å². The topological polar surface area (TPSA) is 102 Å². The highest BCUT2D eigenvalue weighted by molar-refractivity contribution is 7.99. The van der Waals surface area contributed by atoms with Gasteiger partial charge in [-0.25, -0.2) is 13.2 Å². The first kappa shape index (κ1) is 20.7. The Morgan fingerprint density at radius 2 is 1.89 bits per heavy atom. The van der Waals surface area contributed by atoms with Gasteiger partial charge in [-0.3, -0.25) is 4.72 Å². The van der Waals surface area contributed by atoms with E-state index in [1.54, 1.807) is 18.2 Å². The van der Waals surface area contributed by atoms with Crippen LogP contribution in [0.5, 0.6) is 11.5 Å². The number of aliphatic carboxylic acids is 1. The zero-order valence-corrected chi connectivity index (χ0v) is 16.6. The first-order valence-corrected chi connectivity index (χ1v) is 10.4. The van der Waals surface area contributed by atoms with Crippen LogP contribution in [0.2, 0.25) is 0 Å². The molecule has 0 saturated heterocycles. The smallest absolute Gasteiger partial charge is 0.328 e. The lowest BCUT2D eigenvalue weighted by Crippen LogP contribution is -2.15. The third-order valence-electron chi connectivity index (χ3n) is 3.53. The number of carbonyl (C=O) groups is 1. The second-order valence-electron chi connectivity index (χ2n) is 5.23. The van der Waals surface area contributed by atoms with Crippen LogP contribution in [-0.2, 0) is 14.8 Å². The van der Waals surface area contributed by atoms with Crippen molar-refractivity contribution in [3.05, 3.63) is 48.0 Å².